The van der Waals surface area contributed by atoms with Crippen LogP contribution in [0.15, 0.2) is 47.0 Å². The van der Waals surface area contributed by atoms with Crippen LogP contribution in [0, 0.1) is 5.38 Å². The van der Waals surface area contributed by atoms with Crippen LogP contribution in [-0.4, -0.2) is 0 Å². The molecule has 0 saturated carbocycles. The van der Waals surface area contributed by atoms with Crippen LogP contribution in [0.1, 0.15) is 12.0 Å². The molecule has 0 unspecified atom stereocenters. The Labute approximate surface area is 97.4 Å². The smallest absolute Gasteiger partial charge is 0.104 e. The van der Waals surface area contributed by atoms with E-state index in [9.17, 15) is 0 Å². The fraction of sp³-hybridized carbons (Fsp3) is 0.0833. The number of hydrogen-bond donors (Lipinski definition) is 0. The van der Waals surface area contributed by atoms with Crippen LogP contribution in [0.25, 0.3) is 5.57 Å². The molecule has 0 amide bonds. The first-order valence-electron chi connectivity index (χ1n) is 4.41. The van der Waals surface area contributed by atoms with Crippen molar-refractivity contribution in [2.75, 3.05) is 0 Å². The lowest BCUT2D eigenvalue weighted by Gasteiger charge is -2.15. The molecule has 0 spiro atoms. The minimum atomic E-state index is 0.808. The zero-order valence-corrected chi connectivity index (χ0v) is 9.85. The molecule has 71 valence electrons. The van der Waals surface area contributed by atoms with E-state index in [1.165, 1.54) is 11.1 Å². The van der Waals surface area contributed by atoms with E-state index in [0.29, 0.717) is 0 Å². The summed E-state index contributed by atoms with van der Waals surface area (Å²) in [7, 11) is 0. The molecule has 1 aliphatic carbocycles. The van der Waals surface area contributed by atoms with Gasteiger partial charge in [0.2, 0.25) is 0 Å². The van der Waals surface area contributed by atoms with Crippen LogP contribution in [0.3, 0.4) is 0 Å². The second-order valence-corrected chi connectivity index (χ2v) is 4.46. The molecule has 0 nitrogen and oxygen atoms in total. The molecule has 0 atom stereocenters. The number of hydrogen-bond acceptors (Lipinski definition) is 0. The highest BCUT2D eigenvalue weighted by Crippen LogP contribution is 2.37. The standard InChI is InChI=1S/C12H9BrCl/c13-11-7-6-10(8-12(11)14)9-4-2-1-3-5-9/h1-7H,8H2. The summed E-state index contributed by atoms with van der Waals surface area (Å²) in [4.78, 5) is 0. The van der Waals surface area contributed by atoms with E-state index in [4.69, 9.17) is 11.6 Å². The van der Waals surface area contributed by atoms with Crippen molar-refractivity contribution in [1.82, 2.24) is 0 Å². The summed E-state index contributed by atoms with van der Waals surface area (Å²) in [6, 6.07) is 10.3. The minimum Gasteiger partial charge on any atom is -0.111 e. The second-order valence-electron chi connectivity index (χ2n) is 3.15. The molecular weight excluding hydrogens is 259 g/mol. The molecule has 0 aliphatic heterocycles. The number of benzene rings is 1. The Morgan fingerprint density at radius 3 is 2.43 bits per heavy atom. The molecule has 1 aliphatic rings. The van der Waals surface area contributed by atoms with Crippen molar-refractivity contribution in [3.63, 3.8) is 0 Å². The van der Waals surface area contributed by atoms with E-state index in [-0.39, 0.29) is 0 Å². The fourth-order valence-corrected chi connectivity index (χ4v) is 1.90. The van der Waals surface area contributed by atoms with E-state index in [0.717, 1.165) is 16.3 Å². The zero-order valence-electron chi connectivity index (χ0n) is 7.50. The predicted octanol–water partition coefficient (Wildman–Crippen LogP) is 4.52. The Balaban J connectivity index is 2.30. The lowest BCUT2D eigenvalue weighted by atomic mass is 9.97. The first kappa shape index (κ1) is 10.0. The third-order valence-electron chi connectivity index (χ3n) is 2.18. The van der Waals surface area contributed by atoms with E-state index in [2.05, 4.69) is 34.1 Å². The van der Waals surface area contributed by atoms with Crippen LogP contribution < -0.4 is 0 Å². The normalized spacial score (nSPS) is 17.6. The van der Waals surface area contributed by atoms with E-state index in [1.54, 1.807) is 0 Å². The summed E-state index contributed by atoms with van der Waals surface area (Å²) in [5.41, 5.74) is 2.50. The molecule has 0 bridgehead atoms. The minimum absolute atomic E-state index is 0.808. The van der Waals surface area contributed by atoms with Gasteiger partial charge in [0.05, 0.1) is 0 Å². The van der Waals surface area contributed by atoms with Crippen molar-refractivity contribution >= 4 is 33.1 Å². The van der Waals surface area contributed by atoms with Gasteiger partial charge in [-0.3, -0.25) is 0 Å². The monoisotopic (exact) mass is 267 g/mol. The summed E-state index contributed by atoms with van der Waals surface area (Å²) in [5, 5.41) is 0.867. The zero-order chi connectivity index (χ0) is 9.97. The van der Waals surface area contributed by atoms with Crippen LogP contribution in [0.4, 0.5) is 0 Å². The molecule has 0 saturated heterocycles. The molecule has 0 fully saturated rings. The molecule has 0 N–H and O–H groups in total. The average molecular weight is 269 g/mol. The molecule has 1 radical (unpaired) electrons. The molecule has 0 aromatic heterocycles. The van der Waals surface area contributed by atoms with Gasteiger partial charge in [-0.15, -0.1) is 11.6 Å². The second kappa shape index (κ2) is 4.33. The summed E-state index contributed by atoms with van der Waals surface area (Å²) in [6.07, 6.45) is 4.90. The maximum atomic E-state index is 6.07. The van der Waals surface area contributed by atoms with Gasteiger partial charge in [0, 0.05) is 4.48 Å². The van der Waals surface area contributed by atoms with Crippen LogP contribution >= 0.6 is 27.5 Å². The predicted molar refractivity (Wildman–Crippen MR) is 65.1 cm³/mol. The average Bonchev–Trinajstić information content (AvgIpc) is 2.23. The molecular formula is C12H9BrCl. The largest absolute Gasteiger partial charge is 0.111 e. The Bertz CT molecular complexity index is 379. The van der Waals surface area contributed by atoms with Crippen molar-refractivity contribution in [3.8, 4) is 0 Å². The Morgan fingerprint density at radius 2 is 1.79 bits per heavy atom. The topological polar surface area (TPSA) is 0 Å². The highest BCUT2D eigenvalue weighted by atomic mass is 79.9. The summed E-state index contributed by atoms with van der Waals surface area (Å²) >= 11 is 9.47. The molecule has 14 heavy (non-hydrogen) atoms. The third-order valence-corrected chi connectivity index (χ3v) is 3.49. The molecule has 2 rings (SSSR count). The summed E-state index contributed by atoms with van der Waals surface area (Å²) in [6.45, 7) is 0. The van der Waals surface area contributed by atoms with Crippen molar-refractivity contribution in [2.24, 2.45) is 0 Å². The maximum absolute atomic E-state index is 6.07. The third kappa shape index (κ3) is 2.10. The van der Waals surface area contributed by atoms with Crippen LogP contribution in [0.5, 0.6) is 0 Å². The Kier molecular flexibility index (Phi) is 3.09. The molecule has 2 heteroatoms. The molecule has 1 aromatic rings. The number of halogens is 2. The van der Waals surface area contributed by atoms with Crippen molar-refractivity contribution in [1.29, 1.82) is 0 Å². The molecule has 1 aromatic carbocycles. The SMILES string of the molecule is Cl[C]1CC(c2ccccc2)=CC=C1Br. The lowest BCUT2D eigenvalue weighted by molar-refractivity contribution is 1.22. The Morgan fingerprint density at radius 1 is 1.07 bits per heavy atom. The van der Waals surface area contributed by atoms with Gasteiger partial charge in [-0.1, -0.05) is 52.3 Å². The Hall–Kier alpha value is -0.530. The van der Waals surface area contributed by atoms with Crippen LogP contribution in [-0.2, 0) is 0 Å². The number of rotatable bonds is 1. The van der Waals surface area contributed by atoms with Gasteiger partial charge in [0.1, 0.15) is 5.38 Å². The van der Waals surface area contributed by atoms with E-state index < -0.39 is 0 Å². The van der Waals surface area contributed by atoms with Gasteiger partial charge < -0.3 is 0 Å². The van der Waals surface area contributed by atoms with Gasteiger partial charge in [-0.2, -0.15) is 0 Å². The number of allylic oxidation sites excluding steroid dienone is 4. The van der Waals surface area contributed by atoms with Gasteiger partial charge >= 0.3 is 0 Å². The van der Waals surface area contributed by atoms with E-state index >= 15 is 0 Å². The highest BCUT2D eigenvalue weighted by Gasteiger charge is 2.16. The van der Waals surface area contributed by atoms with Crippen molar-refractivity contribution in [2.45, 2.75) is 6.42 Å². The lowest BCUT2D eigenvalue weighted by Crippen LogP contribution is -1.96. The van der Waals surface area contributed by atoms with Gasteiger partial charge in [-0.05, 0) is 23.6 Å². The van der Waals surface area contributed by atoms with Gasteiger partial charge in [0.25, 0.3) is 0 Å². The van der Waals surface area contributed by atoms with Crippen LogP contribution in [0.2, 0.25) is 0 Å². The van der Waals surface area contributed by atoms with Gasteiger partial charge in [-0.25, -0.2) is 0 Å². The summed E-state index contributed by atoms with van der Waals surface area (Å²) < 4.78 is 0.985. The first-order chi connectivity index (χ1) is 6.77. The van der Waals surface area contributed by atoms with Gasteiger partial charge in [0.15, 0.2) is 0 Å². The summed E-state index contributed by atoms with van der Waals surface area (Å²) in [5.74, 6) is 0. The first-order valence-corrected chi connectivity index (χ1v) is 5.58. The fourth-order valence-electron chi connectivity index (χ4n) is 1.43. The van der Waals surface area contributed by atoms with E-state index in [1.807, 2.05) is 24.3 Å². The molecule has 0 heterocycles. The maximum Gasteiger partial charge on any atom is 0.104 e. The van der Waals surface area contributed by atoms with Crippen molar-refractivity contribution in [3.05, 3.63) is 57.9 Å². The van der Waals surface area contributed by atoms with Crippen molar-refractivity contribution < 1.29 is 0 Å². The highest BCUT2D eigenvalue weighted by molar-refractivity contribution is 9.11. The quantitative estimate of drug-likeness (QED) is 0.702.